The fraction of sp³-hybridized carbons (Fsp3) is 0.500. The molecule has 2 rings (SSSR count). The maximum Gasteiger partial charge on any atom is 0.393 e. The molecule has 1 aromatic rings. The Kier molecular flexibility index (Phi) is 2.69. The van der Waals surface area contributed by atoms with Gasteiger partial charge in [-0.3, -0.25) is 4.79 Å². The first-order valence-electron chi connectivity index (χ1n) is 4.74. The van der Waals surface area contributed by atoms with Crippen LogP contribution in [0.1, 0.15) is 24.1 Å². The van der Waals surface area contributed by atoms with Gasteiger partial charge >= 0.3 is 12.1 Å². The normalized spacial score (nSPS) is 25.8. The number of halogens is 3. The van der Waals surface area contributed by atoms with Crippen molar-refractivity contribution in [3.05, 3.63) is 22.4 Å². The van der Waals surface area contributed by atoms with Gasteiger partial charge < -0.3 is 4.74 Å². The lowest BCUT2D eigenvalue weighted by Gasteiger charge is -2.27. The first kappa shape index (κ1) is 11.4. The zero-order valence-electron chi connectivity index (χ0n) is 8.21. The summed E-state index contributed by atoms with van der Waals surface area (Å²) in [5.74, 6) is -0.558. The minimum absolute atomic E-state index is 0.0496. The van der Waals surface area contributed by atoms with Crippen LogP contribution in [0.15, 0.2) is 17.5 Å². The lowest BCUT2D eigenvalue weighted by atomic mass is 9.94. The van der Waals surface area contributed by atoms with Crippen LogP contribution in [0.5, 0.6) is 0 Å². The summed E-state index contributed by atoms with van der Waals surface area (Å²) in [5, 5.41) is 1.68. The Morgan fingerprint density at radius 3 is 2.69 bits per heavy atom. The topological polar surface area (TPSA) is 26.3 Å². The number of hydrogen-bond acceptors (Lipinski definition) is 3. The summed E-state index contributed by atoms with van der Waals surface area (Å²) in [6.45, 7) is 0. The van der Waals surface area contributed by atoms with E-state index in [1.807, 2.05) is 0 Å². The molecule has 0 unspecified atom stereocenters. The number of alkyl halides is 3. The van der Waals surface area contributed by atoms with Crippen molar-refractivity contribution in [2.45, 2.75) is 31.0 Å². The van der Waals surface area contributed by atoms with Gasteiger partial charge in [0, 0.05) is 17.7 Å². The molecule has 2 heterocycles. The van der Waals surface area contributed by atoms with E-state index in [-0.39, 0.29) is 12.8 Å². The Labute approximate surface area is 94.0 Å². The van der Waals surface area contributed by atoms with E-state index in [9.17, 15) is 18.0 Å². The van der Waals surface area contributed by atoms with Gasteiger partial charge in [0.1, 0.15) is 0 Å². The molecule has 1 aromatic heterocycles. The fourth-order valence-electron chi connectivity index (χ4n) is 1.87. The molecule has 0 bridgehead atoms. The standard InChI is InChI=1S/C10H9F3O2S/c11-10(12,13)6-9(4-3-8(14)15-9)7-2-1-5-16-7/h1-2,5H,3-4,6H2/t9-/m1/s1. The van der Waals surface area contributed by atoms with Crippen LogP contribution in [0.2, 0.25) is 0 Å². The average molecular weight is 250 g/mol. The van der Waals surface area contributed by atoms with E-state index in [1.54, 1.807) is 17.5 Å². The molecule has 0 amide bonds. The Morgan fingerprint density at radius 1 is 1.50 bits per heavy atom. The van der Waals surface area contributed by atoms with Crippen LogP contribution in [-0.4, -0.2) is 12.1 Å². The molecule has 16 heavy (non-hydrogen) atoms. The zero-order valence-corrected chi connectivity index (χ0v) is 9.03. The molecule has 0 spiro atoms. The summed E-state index contributed by atoms with van der Waals surface area (Å²) in [6, 6.07) is 3.24. The molecule has 0 radical (unpaired) electrons. The van der Waals surface area contributed by atoms with Crippen molar-refractivity contribution in [2.24, 2.45) is 0 Å². The second-order valence-corrected chi connectivity index (χ2v) is 4.69. The number of carbonyl (C=O) groups is 1. The molecule has 88 valence electrons. The van der Waals surface area contributed by atoms with Gasteiger partial charge in [-0.15, -0.1) is 11.3 Å². The summed E-state index contributed by atoms with van der Waals surface area (Å²) in [7, 11) is 0. The minimum atomic E-state index is -4.34. The predicted octanol–water partition coefficient (Wildman–Crippen LogP) is 3.23. The number of ether oxygens (including phenoxy) is 1. The van der Waals surface area contributed by atoms with Crippen molar-refractivity contribution in [1.29, 1.82) is 0 Å². The highest BCUT2D eigenvalue weighted by atomic mass is 32.1. The van der Waals surface area contributed by atoms with Gasteiger partial charge in [-0.2, -0.15) is 13.2 Å². The van der Waals surface area contributed by atoms with Crippen molar-refractivity contribution in [3.63, 3.8) is 0 Å². The van der Waals surface area contributed by atoms with Crippen molar-refractivity contribution >= 4 is 17.3 Å². The summed E-state index contributed by atoms with van der Waals surface area (Å²) >= 11 is 1.18. The van der Waals surface area contributed by atoms with Gasteiger partial charge in [0.25, 0.3) is 0 Å². The van der Waals surface area contributed by atoms with E-state index in [0.29, 0.717) is 4.88 Å². The second kappa shape index (κ2) is 3.76. The first-order chi connectivity index (χ1) is 7.41. The molecule has 0 saturated carbocycles. The number of rotatable bonds is 2. The van der Waals surface area contributed by atoms with Gasteiger partial charge in [0.15, 0.2) is 5.60 Å². The predicted molar refractivity (Wildman–Crippen MR) is 52.0 cm³/mol. The molecule has 1 aliphatic rings. The van der Waals surface area contributed by atoms with Crippen LogP contribution in [-0.2, 0) is 15.1 Å². The van der Waals surface area contributed by atoms with Gasteiger partial charge in [0.2, 0.25) is 0 Å². The third-order valence-electron chi connectivity index (χ3n) is 2.50. The van der Waals surface area contributed by atoms with Gasteiger partial charge in [-0.1, -0.05) is 6.07 Å². The van der Waals surface area contributed by atoms with Crippen molar-refractivity contribution in [1.82, 2.24) is 0 Å². The molecule has 6 heteroatoms. The first-order valence-corrected chi connectivity index (χ1v) is 5.62. The molecular formula is C10H9F3O2S. The van der Waals surface area contributed by atoms with Gasteiger partial charge in [0.05, 0.1) is 6.42 Å². The zero-order chi connectivity index (χ0) is 11.8. The Hall–Kier alpha value is -1.04. The van der Waals surface area contributed by atoms with E-state index < -0.39 is 24.2 Å². The molecule has 0 aromatic carbocycles. The third-order valence-corrected chi connectivity index (χ3v) is 3.55. The van der Waals surface area contributed by atoms with Crippen molar-refractivity contribution in [2.75, 3.05) is 0 Å². The van der Waals surface area contributed by atoms with Gasteiger partial charge in [-0.25, -0.2) is 0 Å². The molecule has 0 aliphatic carbocycles. The highest BCUT2D eigenvalue weighted by Gasteiger charge is 2.50. The fourth-order valence-corrected chi connectivity index (χ4v) is 2.76. The summed E-state index contributed by atoms with van der Waals surface area (Å²) in [4.78, 5) is 11.5. The highest BCUT2D eigenvalue weighted by Crippen LogP contribution is 2.46. The number of thiophene rings is 1. The van der Waals surface area contributed by atoms with Crippen LogP contribution < -0.4 is 0 Å². The number of hydrogen-bond donors (Lipinski definition) is 0. The lowest BCUT2D eigenvalue weighted by molar-refractivity contribution is -0.186. The maximum atomic E-state index is 12.5. The van der Waals surface area contributed by atoms with E-state index >= 15 is 0 Å². The molecular weight excluding hydrogens is 241 g/mol. The van der Waals surface area contributed by atoms with Crippen LogP contribution >= 0.6 is 11.3 Å². The largest absolute Gasteiger partial charge is 0.453 e. The van der Waals surface area contributed by atoms with Gasteiger partial charge in [-0.05, 0) is 11.4 Å². The summed E-state index contributed by atoms with van der Waals surface area (Å²) in [5.41, 5.74) is -1.48. The molecule has 0 N–H and O–H groups in total. The second-order valence-electron chi connectivity index (χ2n) is 3.74. The maximum absolute atomic E-state index is 12.5. The summed E-state index contributed by atoms with van der Waals surface area (Å²) in [6.07, 6.45) is -5.29. The molecule has 2 nitrogen and oxygen atoms in total. The van der Waals surface area contributed by atoms with E-state index in [2.05, 4.69) is 0 Å². The lowest BCUT2D eigenvalue weighted by Crippen LogP contribution is -2.31. The smallest absolute Gasteiger partial charge is 0.393 e. The van der Waals surface area contributed by atoms with Crippen LogP contribution in [0.4, 0.5) is 13.2 Å². The number of esters is 1. The Bertz CT molecular complexity index is 385. The molecule has 1 atom stereocenters. The van der Waals surface area contributed by atoms with Crippen molar-refractivity contribution < 1.29 is 22.7 Å². The SMILES string of the molecule is O=C1CC[C@@](CC(F)(F)F)(c2cccs2)O1. The molecule has 1 aliphatic heterocycles. The van der Waals surface area contributed by atoms with Crippen LogP contribution in [0, 0.1) is 0 Å². The minimum Gasteiger partial charge on any atom is -0.453 e. The third kappa shape index (κ3) is 2.21. The van der Waals surface area contributed by atoms with Crippen LogP contribution in [0.3, 0.4) is 0 Å². The van der Waals surface area contributed by atoms with E-state index in [1.165, 1.54) is 11.3 Å². The number of cyclic esters (lactones) is 1. The monoisotopic (exact) mass is 250 g/mol. The Morgan fingerprint density at radius 2 is 2.25 bits per heavy atom. The van der Waals surface area contributed by atoms with E-state index in [4.69, 9.17) is 4.74 Å². The summed E-state index contributed by atoms with van der Waals surface area (Å²) < 4.78 is 42.4. The quantitative estimate of drug-likeness (QED) is 0.753. The van der Waals surface area contributed by atoms with Crippen molar-refractivity contribution in [3.8, 4) is 0 Å². The molecule has 1 saturated heterocycles. The van der Waals surface area contributed by atoms with E-state index in [0.717, 1.165) is 0 Å². The number of carbonyl (C=O) groups excluding carboxylic acids is 1. The molecule has 1 fully saturated rings. The van der Waals surface area contributed by atoms with Crippen LogP contribution in [0.25, 0.3) is 0 Å². The average Bonchev–Trinajstić information content (AvgIpc) is 2.72. The Balaban J connectivity index is 2.31. The highest BCUT2D eigenvalue weighted by molar-refractivity contribution is 7.10.